The number of nitrogens with zero attached hydrogens (tertiary/aromatic N) is 3. The van der Waals surface area contributed by atoms with Gasteiger partial charge >= 0.3 is 0 Å². The summed E-state index contributed by atoms with van der Waals surface area (Å²) in [5.74, 6) is 2.72. The highest BCUT2D eigenvalue weighted by molar-refractivity contribution is 5.56. The van der Waals surface area contributed by atoms with E-state index in [0.29, 0.717) is 6.79 Å². The predicted molar refractivity (Wildman–Crippen MR) is 144 cm³/mol. The first-order chi connectivity index (χ1) is 17.7. The lowest BCUT2D eigenvalue weighted by atomic mass is 10.1. The Labute approximate surface area is 214 Å². The van der Waals surface area contributed by atoms with Crippen LogP contribution >= 0.6 is 0 Å². The molecule has 1 aromatic heterocycles. The van der Waals surface area contributed by atoms with Crippen LogP contribution in [0.2, 0.25) is 0 Å². The maximum Gasteiger partial charge on any atom is 0.231 e. The number of fused-ring (bicyclic) bond motifs is 1. The van der Waals surface area contributed by atoms with Crippen molar-refractivity contribution in [2.24, 2.45) is 0 Å². The van der Waals surface area contributed by atoms with Crippen molar-refractivity contribution in [3.63, 3.8) is 0 Å². The smallest absolute Gasteiger partial charge is 0.231 e. The molecule has 0 amide bonds. The van der Waals surface area contributed by atoms with Crippen LogP contribution in [0.25, 0.3) is 11.4 Å². The molecule has 3 aromatic carbocycles. The maximum absolute atomic E-state index is 5.64. The van der Waals surface area contributed by atoms with Crippen molar-refractivity contribution in [1.29, 1.82) is 0 Å². The van der Waals surface area contributed by atoms with Crippen LogP contribution in [0.1, 0.15) is 42.1 Å². The lowest BCUT2D eigenvalue weighted by molar-refractivity contribution is 0.174. The molecule has 1 aliphatic rings. The zero-order chi connectivity index (χ0) is 24.7. The second-order valence-electron chi connectivity index (χ2n) is 9.58. The first-order valence-corrected chi connectivity index (χ1v) is 13.0. The predicted octanol–water partition coefficient (Wildman–Crippen LogP) is 6.63. The molecular weight excluding hydrogens is 446 g/mol. The zero-order valence-electron chi connectivity index (χ0n) is 21.3. The van der Waals surface area contributed by atoms with Gasteiger partial charge in [-0.25, -0.2) is 4.98 Å². The fourth-order valence-electron chi connectivity index (χ4n) is 4.70. The maximum atomic E-state index is 5.64. The van der Waals surface area contributed by atoms with Gasteiger partial charge in [-0.05, 0) is 43.0 Å². The third-order valence-corrected chi connectivity index (χ3v) is 6.77. The van der Waals surface area contributed by atoms with E-state index in [4.69, 9.17) is 14.5 Å². The molecule has 0 unspecified atom stereocenters. The van der Waals surface area contributed by atoms with Gasteiger partial charge in [0.25, 0.3) is 0 Å². The minimum Gasteiger partial charge on any atom is -0.454 e. The molecule has 0 aliphatic carbocycles. The van der Waals surface area contributed by atoms with Gasteiger partial charge in [-0.2, -0.15) is 0 Å². The second-order valence-corrected chi connectivity index (χ2v) is 9.58. The molecule has 5 heteroatoms. The zero-order valence-corrected chi connectivity index (χ0v) is 21.3. The van der Waals surface area contributed by atoms with Gasteiger partial charge in [0.2, 0.25) is 6.79 Å². The Morgan fingerprint density at radius 2 is 1.67 bits per heavy atom. The van der Waals surface area contributed by atoms with E-state index < -0.39 is 0 Å². The third kappa shape index (κ3) is 5.80. The van der Waals surface area contributed by atoms with Crippen molar-refractivity contribution in [2.45, 2.75) is 52.7 Å². The fraction of sp³-hybridized carbons (Fsp3) is 0.323. The number of aryl methyl sites for hydroxylation is 1. The Morgan fingerprint density at radius 1 is 0.889 bits per heavy atom. The molecule has 1 aliphatic heterocycles. The molecule has 0 atom stereocenters. The second kappa shape index (κ2) is 11.4. The number of imidazole rings is 1. The average Bonchev–Trinajstić information content (AvgIpc) is 3.54. The SMILES string of the molecule is CCCCn1c(CN(CCc2ccc(C)cc2)Cc2ccc3c(c2)OCO3)cnc1-c1ccccc1. The van der Waals surface area contributed by atoms with Gasteiger partial charge in [-0.3, -0.25) is 4.90 Å². The van der Waals surface area contributed by atoms with E-state index in [1.54, 1.807) is 0 Å². The summed E-state index contributed by atoms with van der Waals surface area (Å²) in [5, 5.41) is 0. The number of benzene rings is 3. The quantitative estimate of drug-likeness (QED) is 0.241. The molecule has 186 valence electrons. The highest BCUT2D eigenvalue weighted by Crippen LogP contribution is 2.33. The number of ether oxygens (including phenoxy) is 2. The molecule has 36 heavy (non-hydrogen) atoms. The highest BCUT2D eigenvalue weighted by atomic mass is 16.7. The first kappa shape index (κ1) is 24.1. The molecule has 0 bridgehead atoms. The number of hydrogen-bond donors (Lipinski definition) is 0. The van der Waals surface area contributed by atoms with Crippen molar-refractivity contribution >= 4 is 0 Å². The Morgan fingerprint density at radius 3 is 2.47 bits per heavy atom. The average molecular weight is 482 g/mol. The van der Waals surface area contributed by atoms with Crippen molar-refractivity contribution < 1.29 is 9.47 Å². The summed E-state index contributed by atoms with van der Waals surface area (Å²) in [7, 11) is 0. The van der Waals surface area contributed by atoms with Crippen LogP contribution in [0.5, 0.6) is 11.5 Å². The molecule has 0 saturated heterocycles. The van der Waals surface area contributed by atoms with Crippen molar-refractivity contribution in [2.75, 3.05) is 13.3 Å². The van der Waals surface area contributed by atoms with Gasteiger partial charge in [0.05, 0.1) is 11.9 Å². The standard InChI is InChI=1S/C31H35N3O2/c1-3-4-17-34-28(20-32-31(34)27-8-6-5-7-9-27)22-33(18-16-25-12-10-24(2)11-13-25)21-26-14-15-29-30(19-26)36-23-35-29/h5-15,19-20H,3-4,16-18,21-23H2,1-2H3. The van der Waals surface area contributed by atoms with E-state index >= 15 is 0 Å². The van der Waals surface area contributed by atoms with E-state index in [1.165, 1.54) is 27.9 Å². The van der Waals surface area contributed by atoms with E-state index in [2.05, 4.69) is 96.2 Å². The molecule has 2 heterocycles. The number of rotatable bonds is 11. The Balaban J connectivity index is 1.40. The summed E-state index contributed by atoms with van der Waals surface area (Å²) < 4.78 is 13.6. The summed E-state index contributed by atoms with van der Waals surface area (Å²) in [5.41, 5.74) is 6.31. The van der Waals surface area contributed by atoms with Gasteiger partial charge in [0.15, 0.2) is 11.5 Å². The number of aromatic nitrogens is 2. The van der Waals surface area contributed by atoms with Gasteiger partial charge in [0, 0.05) is 31.7 Å². The van der Waals surface area contributed by atoms with Crippen LogP contribution in [-0.2, 0) is 26.1 Å². The van der Waals surface area contributed by atoms with Crippen molar-refractivity contribution in [3.05, 3.63) is 101 Å². The van der Waals surface area contributed by atoms with Crippen LogP contribution in [-0.4, -0.2) is 27.8 Å². The van der Waals surface area contributed by atoms with E-state index in [1.807, 2.05) is 6.07 Å². The number of hydrogen-bond acceptors (Lipinski definition) is 4. The summed E-state index contributed by atoms with van der Waals surface area (Å²) in [6, 6.07) is 25.7. The fourth-order valence-corrected chi connectivity index (χ4v) is 4.70. The Kier molecular flexibility index (Phi) is 7.67. The minimum atomic E-state index is 0.300. The van der Waals surface area contributed by atoms with Crippen LogP contribution in [0, 0.1) is 6.92 Å². The molecule has 0 fully saturated rings. The molecule has 0 saturated carbocycles. The highest BCUT2D eigenvalue weighted by Gasteiger charge is 2.18. The summed E-state index contributed by atoms with van der Waals surface area (Å²) in [6.07, 6.45) is 5.35. The van der Waals surface area contributed by atoms with Gasteiger partial charge in [0.1, 0.15) is 5.82 Å². The van der Waals surface area contributed by atoms with Crippen molar-refractivity contribution in [3.8, 4) is 22.9 Å². The van der Waals surface area contributed by atoms with Gasteiger partial charge < -0.3 is 14.0 Å². The summed E-state index contributed by atoms with van der Waals surface area (Å²) in [4.78, 5) is 7.39. The van der Waals surface area contributed by atoms with E-state index in [-0.39, 0.29) is 0 Å². The normalized spacial score (nSPS) is 12.4. The van der Waals surface area contributed by atoms with Crippen LogP contribution in [0.15, 0.2) is 79.0 Å². The van der Waals surface area contributed by atoms with Crippen LogP contribution < -0.4 is 9.47 Å². The molecule has 5 nitrogen and oxygen atoms in total. The topological polar surface area (TPSA) is 39.5 Å². The van der Waals surface area contributed by atoms with Crippen LogP contribution in [0.3, 0.4) is 0 Å². The first-order valence-electron chi connectivity index (χ1n) is 13.0. The molecule has 0 N–H and O–H groups in total. The summed E-state index contributed by atoms with van der Waals surface area (Å²) in [6.45, 7) is 8.29. The largest absolute Gasteiger partial charge is 0.454 e. The molecule has 4 aromatic rings. The lowest BCUT2D eigenvalue weighted by Gasteiger charge is -2.24. The lowest BCUT2D eigenvalue weighted by Crippen LogP contribution is -2.27. The summed E-state index contributed by atoms with van der Waals surface area (Å²) >= 11 is 0. The molecule has 0 spiro atoms. The Hall–Kier alpha value is -3.57. The third-order valence-electron chi connectivity index (χ3n) is 6.77. The number of unbranched alkanes of at least 4 members (excludes halogenated alkanes) is 1. The van der Waals surface area contributed by atoms with Gasteiger partial charge in [-0.15, -0.1) is 0 Å². The van der Waals surface area contributed by atoms with Crippen molar-refractivity contribution in [1.82, 2.24) is 14.5 Å². The van der Waals surface area contributed by atoms with E-state index in [0.717, 1.165) is 62.8 Å². The Bertz CT molecular complexity index is 1260. The van der Waals surface area contributed by atoms with Gasteiger partial charge in [-0.1, -0.05) is 79.6 Å². The molecular formula is C31H35N3O2. The minimum absolute atomic E-state index is 0.300. The molecule has 5 rings (SSSR count). The molecule has 0 radical (unpaired) electrons. The van der Waals surface area contributed by atoms with E-state index in [9.17, 15) is 0 Å². The van der Waals surface area contributed by atoms with Crippen LogP contribution in [0.4, 0.5) is 0 Å². The monoisotopic (exact) mass is 481 g/mol.